The topological polar surface area (TPSA) is 68.6 Å². The Balaban J connectivity index is 1.40. The number of imidazole rings is 1. The van der Waals surface area contributed by atoms with Gasteiger partial charge >= 0.3 is 0 Å². The molecule has 7 heteroatoms. The van der Waals surface area contributed by atoms with Gasteiger partial charge < -0.3 is 19.4 Å². The maximum Gasteiger partial charge on any atom is 0.251 e. The molecule has 2 aromatic carbocycles. The van der Waals surface area contributed by atoms with Crippen LogP contribution in [0.1, 0.15) is 23.1 Å². The van der Waals surface area contributed by atoms with E-state index < -0.39 is 0 Å². The summed E-state index contributed by atoms with van der Waals surface area (Å²) in [6, 6.07) is 15.5. The quantitative estimate of drug-likeness (QED) is 0.574. The van der Waals surface area contributed by atoms with Crippen LogP contribution in [-0.2, 0) is 17.7 Å². The third-order valence-electron chi connectivity index (χ3n) is 5.52. The first-order valence-electron chi connectivity index (χ1n) is 11.0. The Morgan fingerprint density at radius 1 is 1.13 bits per heavy atom. The van der Waals surface area contributed by atoms with E-state index in [0.717, 1.165) is 56.3 Å². The van der Waals surface area contributed by atoms with Gasteiger partial charge in [-0.1, -0.05) is 18.2 Å². The minimum Gasteiger partial charge on any atom is -0.494 e. The van der Waals surface area contributed by atoms with Crippen LogP contribution in [0.15, 0.2) is 48.5 Å². The number of fused-ring (bicyclic) bond motifs is 1. The molecule has 1 amide bonds. The fourth-order valence-electron chi connectivity index (χ4n) is 3.92. The van der Waals surface area contributed by atoms with Crippen LogP contribution in [0.3, 0.4) is 0 Å². The Labute approximate surface area is 183 Å². The van der Waals surface area contributed by atoms with Gasteiger partial charge in [0.25, 0.3) is 5.91 Å². The molecule has 164 valence electrons. The molecule has 0 atom stereocenters. The van der Waals surface area contributed by atoms with Crippen molar-refractivity contribution in [1.82, 2.24) is 19.8 Å². The normalized spacial score (nSPS) is 14.6. The number of benzene rings is 2. The van der Waals surface area contributed by atoms with Crippen LogP contribution in [0, 0.1) is 0 Å². The fourth-order valence-corrected chi connectivity index (χ4v) is 3.92. The summed E-state index contributed by atoms with van der Waals surface area (Å²) in [5.41, 5.74) is 2.74. The summed E-state index contributed by atoms with van der Waals surface area (Å²) in [4.78, 5) is 19.8. The lowest BCUT2D eigenvalue weighted by Crippen LogP contribution is -2.38. The zero-order chi connectivity index (χ0) is 21.5. The van der Waals surface area contributed by atoms with Crippen LogP contribution in [0.25, 0.3) is 11.0 Å². The van der Waals surface area contributed by atoms with Crippen molar-refractivity contribution in [2.45, 2.75) is 19.9 Å². The number of carbonyl (C=O) groups is 1. The number of hydrogen-bond donors (Lipinski definition) is 1. The molecule has 1 N–H and O–H groups in total. The Morgan fingerprint density at radius 2 is 1.97 bits per heavy atom. The summed E-state index contributed by atoms with van der Waals surface area (Å²) in [6.07, 6.45) is 0.675. The summed E-state index contributed by atoms with van der Waals surface area (Å²) >= 11 is 0. The van der Waals surface area contributed by atoms with Crippen LogP contribution >= 0.6 is 0 Å². The molecule has 4 rings (SSSR count). The number of nitrogens with one attached hydrogen (secondary N) is 1. The van der Waals surface area contributed by atoms with E-state index in [-0.39, 0.29) is 5.91 Å². The van der Waals surface area contributed by atoms with Crippen molar-refractivity contribution in [3.63, 3.8) is 0 Å². The summed E-state index contributed by atoms with van der Waals surface area (Å²) in [5.74, 6) is 1.61. The molecule has 0 aliphatic carbocycles. The number of nitrogens with zero attached hydrogens (tertiary/aromatic N) is 3. The van der Waals surface area contributed by atoms with Crippen LogP contribution < -0.4 is 10.1 Å². The van der Waals surface area contributed by atoms with Crippen molar-refractivity contribution >= 4 is 16.9 Å². The molecule has 0 unspecified atom stereocenters. The predicted octanol–water partition coefficient (Wildman–Crippen LogP) is 2.74. The first-order chi connectivity index (χ1) is 15.2. The van der Waals surface area contributed by atoms with Gasteiger partial charge in [-0.3, -0.25) is 9.69 Å². The summed E-state index contributed by atoms with van der Waals surface area (Å²) in [7, 11) is 0. The molecule has 0 saturated carbocycles. The Kier molecular flexibility index (Phi) is 7.17. The predicted molar refractivity (Wildman–Crippen MR) is 121 cm³/mol. The van der Waals surface area contributed by atoms with E-state index in [1.165, 1.54) is 0 Å². The molecule has 1 aliphatic rings. The van der Waals surface area contributed by atoms with E-state index >= 15 is 0 Å². The van der Waals surface area contributed by atoms with E-state index in [0.29, 0.717) is 30.9 Å². The first-order valence-corrected chi connectivity index (χ1v) is 11.0. The third kappa shape index (κ3) is 5.42. The van der Waals surface area contributed by atoms with Gasteiger partial charge in [-0.2, -0.15) is 0 Å². The van der Waals surface area contributed by atoms with Gasteiger partial charge in [0.05, 0.1) is 30.9 Å². The SMILES string of the molecule is CCOc1cccc(C(=O)NCCc2nc3ccccc3n2CCN2CCOCC2)c1. The highest BCUT2D eigenvalue weighted by atomic mass is 16.5. The molecule has 7 nitrogen and oxygen atoms in total. The molecule has 1 aromatic heterocycles. The van der Waals surface area contributed by atoms with Gasteiger partial charge in [0.1, 0.15) is 11.6 Å². The lowest BCUT2D eigenvalue weighted by atomic mass is 10.2. The summed E-state index contributed by atoms with van der Waals surface area (Å²) in [5, 5.41) is 3.02. The van der Waals surface area contributed by atoms with Crippen LogP contribution in [-0.4, -0.2) is 66.4 Å². The van der Waals surface area contributed by atoms with E-state index in [4.69, 9.17) is 14.5 Å². The average molecular weight is 423 g/mol. The number of ether oxygens (including phenoxy) is 2. The Morgan fingerprint density at radius 3 is 2.81 bits per heavy atom. The maximum atomic E-state index is 12.6. The minimum atomic E-state index is -0.0995. The second-order valence-corrected chi connectivity index (χ2v) is 7.59. The summed E-state index contributed by atoms with van der Waals surface area (Å²) in [6.45, 7) is 8.41. The van der Waals surface area contributed by atoms with Crippen molar-refractivity contribution in [1.29, 1.82) is 0 Å². The molecule has 0 bridgehead atoms. The van der Waals surface area contributed by atoms with Crippen LogP contribution in [0.5, 0.6) is 5.75 Å². The lowest BCUT2D eigenvalue weighted by Gasteiger charge is -2.27. The van der Waals surface area contributed by atoms with Crippen molar-refractivity contribution in [3.05, 3.63) is 59.9 Å². The molecule has 2 heterocycles. The van der Waals surface area contributed by atoms with Gasteiger partial charge in [0.2, 0.25) is 0 Å². The van der Waals surface area contributed by atoms with E-state index in [2.05, 4.69) is 20.9 Å². The number of carbonyl (C=O) groups excluding carboxylic acids is 1. The molecule has 1 aliphatic heterocycles. The van der Waals surface area contributed by atoms with E-state index in [9.17, 15) is 4.79 Å². The number of para-hydroxylation sites is 2. The van der Waals surface area contributed by atoms with Crippen LogP contribution in [0.4, 0.5) is 0 Å². The van der Waals surface area contributed by atoms with Gasteiger partial charge in [-0.25, -0.2) is 4.98 Å². The van der Waals surface area contributed by atoms with Gasteiger partial charge in [-0.05, 0) is 37.3 Å². The van der Waals surface area contributed by atoms with Gasteiger partial charge in [0.15, 0.2) is 0 Å². The number of morpholine rings is 1. The zero-order valence-corrected chi connectivity index (χ0v) is 18.0. The largest absolute Gasteiger partial charge is 0.494 e. The molecule has 1 fully saturated rings. The summed E-state index contributed by atoms with van der Waals surface area (Å²) < 4.78 is 13.2. The van der Waals surface area contributed by atoms with Crippen molar-refractivity contribution in [3.8, 4) is 5.75 Å². The monoisotopic (exact) mass is 422 g/mol. The third-order valence-corrected chi connectivity index (χ3v) is 5.52. The molecular weight excluding hydrogens is 392 g/mol. The minimum absolute atomic E-state index is 0.0995. The lowest BCUT2D eigenvalue weighted by molar-refractivity contribution is 0.0364. The van der Waals surface area contributed by atoms with Crippen molar-refractivity contribution in [2.75, 3.05) is 46.0 Å². The van der Waals surface area contributed by atoms with Crippen molar-refractivity contribution < 1.29 is 14.3 Å². The first kappa shape index (κ1) is 21.3. The highest BCUT2D eigenvalue weighted by Gasteiger charge is 2.15. The van der Waals surface area contributed by atoms with E-state index in [1.54, 1.807) is 12.1 Å². The fraction of sp³-hybridized carbons (Fsp3) is 0.417. The molecule has 3 aromatic rings. The number of rotatable bonds is 9. The number of hydrogen-bond acceptors (Lipinski definition) is 5. The molecule has 0 spiro atoms. The smallest absolute Gasteiger partial charge is 0.251 e. The van der Waals surface area contributed by atoms with E-state index in [1.807, 2.05) is 37.3 Å². The maximum absolute atomic E-state index is 12.6. The van der Waals surface area contributed by atoms with Gasteiger partial charge in [0, 0.05) is 44.7 Å². The second-order valence-electron chi connectivity index (χ2n) is 7.59. The number of aromatic nitrogens is 2. The Bertz CT molecular complexity index is 1010. The molecule has 0 radical (unpaired) electrons. The van der Waals surface area contributed by atoms with Crippen LogP contribution in [0.2, 0.25) is 0 Å². The highest BCUT2D eigenvalue weighted by molar-refractivity contribution is 5.94. The molecular formula is C24H30N4O3. The number of amides is 1. The second kappa shape index (κ2) is 10.4. The van der Waals surface area contributed by atoms with Gasteiger partial charge in [-0.15, -0.1) is 0 Å². The van der Waals surface area contributed by atoms with Crippen molar-refractivity contribution in [2.24, 2.45) is 0 Å². The zero-order valence-electron chi connectivity index (χ0n) is 18.0. The Hall–Kier alpha value is -2.90. The average Bonchev–Trinajstić information content (AvgIpc) is 3.16. The molecule has 1 saturated heterocycles. The molecule has 31 heavy (non-hydrogen) atoms. The highest BCUT2D eigenvalue weighted by Crippen LogP contribution is 2.17. The standard InChI is InChI=1S/C24H30N4O3/c1-2-31-20-7-5-6-19(18-20)24(29)25-11-10-23-26-21-8-3-4-9-22(21)28(23)13-12-27-14-16-30-17-15-27/h3-9,18H,2,10-17H2,1H3,(H,25,29).